The molecule has 0 aromatic rings. The molecule has 0 unspecified atom stereocenters. The van der Waals surface area contributed by atoms with Crippen LogP contribution in [0.2, 0.25) is 0 Å². The highest BCUT2D eigenvalue weighted by atomic mass is 16.2. The average molecular weight is 216 g/mol. The van der Waals surface area contributed by atoms with Gasteiger partial charge in [-0.05, 0) is 13.8 Å². The number of primary amides is 1. The number of amides is 3. The van der Waals surface area contributed by atoms with Crippen LogP contribution >= 0.6 is 0 Å². The van der Waals surface area contributed by atoms with Gasteiger partial charge in [-0.25, -0.2) is 4.79 Å². The van der Waals surface area contributed by atoms with Crippen LogP contribution in [0.5, 0.6) is 0 Å². The lowest BCUT2D eigenvalue weighted by Crippen LogP contribution is -2.37. The van der Waals surface area contributed by atoms with E-state index in [-0.39, 0.29) is 11.9 Å². The molecule has 0 saturated heterocycles. The Morgan fingerprint density at radius 1 is 1.20 bits per heavy atom. The summed E-state index contributed by atoms with van der Waals surface area (Å²) >= 11 is 0. The van der Waals surface area contributed by atoms with Gasteiger partial charge in [0, 0.05) is 32.1 Å². The summed E-state index contributed by atoms with van der Waals surface area (Å²) in [5.41, 5.74) is 4.87. The molecule has 0 fully saturated rings. The molecule has 0 aromatic carbocycles. The van der Waals surface area contributed by atoms with Crippen LogP contribution in [0, 0.1) is 0 Å². The maximum absolute atomic E-state index is 11.2. The molecule has 5 N–H and O–H groups in total. The van der Waals surface area contributed by atoms with Crippen molar-refractivity contribution < 1.29 is 9.59 Å². The summed E-state index contributed by atoms with van der Waals surface area (Å²) in [5.74, 6) is 0.0281. The second-order valence-corrected chi connectivity index (χ2v) is 3.51. The van der Waals surface area contributed by atoms with Gasteiger partial charge in [0.15, 0.2) is 0 Å². The van der Waals surface area contributed by atoms with Crippen molar-refractivity contribution in [2.75, 3.05) is 19.6 Å². The minimum Gasteiger partial charge on any atom is -0.354 e. The fourth-order valence-electron chi connectivity index (χ4n) is 0.995. The SMILES string of the molecule is CC(C)NC(=O)CCNCCNC(N)=O. The number of hydrogen-bond acceptors (Lipinski definition) is 3. The molecule has 0 aliphatic heterocycles. The third-order valence-electron chi connectivity index (χ3n) is 1.58. The van der Waals surface area contributed by atoms with Gasteiger partial charge in [-0.15, -0.1) is 0 Å². The number of hydrogen-bond donors (Lipinski definition) is 4. The van der Waals surface area contributed by atoms with Crippen molar-refractivity contribution in [3.8, 4) is 0 Å². The number of nitrogens with one attached hydrogen (secondary N) is 3. The Bertz CT molecular complexity index is 206. The predicted molar refractivity (Wildman–Crippen MR) is 58.4 cm³/mol. The van der Waals surface area contributed by atoms with Crippen LogP contribution < -0.4 is 21.7 Å². The molecule has 6 nitrogen and oxygen atoms in total. The van der Waals surface area contributed by atoms with E-state index in [1.165, 1.54) is 0 Å². The van der Waals surface area contributed by atoms with Crippen LogP contribution in [0.4, 0.5) is 4.79 Å². The van der Waals surface area contributed by atoms with Crippen LogP contribution in [0.3, 0.4) is 0 Å². The van der Waals surface area contributed by atoms with E-state index in [9.17, 15) is 9.59 Å². The lowest BCUT2D eigenvalue weighted by Gasteiger charge is -2.08. The predicted octanol–water partition coefficient (Wildman–Crippen LogP) is -0.841. The third kappa shape index (κ3) is 10.6. The van der Waals surface area contributed by atoms with Crippen LogP contribution in [-0.2, 0) is 4.79 Å². The van der Waals surface area contributed by atoms with Gasteiger partial charge in [0.2, 0.25) is 5.91 Å². The number of urea groups is 1. The topological polar surface area (TPSA) is 96.2 Å². The molecule has 3 amide bonds. The van der Waals surface area contributed by atoms with E-state index in [4.69, 9.17) is 5.73 Å². The summed E-state index contributed by atoms with van der Waals surface area (Å²) in [6, 6.07) is -0.358. The van der Waals surface area contributed by atoms with E-state index >= 15 is 0 Å². The zero-order valence-electron chi connectivity index (χ0n) is 9.30. The molecule has 0 aliphatic rings. The first-order chi connectivity index (χ1) is 7.02. The van der Waals surface area contributed by atoms with Crippen LogP contribution in [-0.4, -0.2) is 37.6 Å². The van der Waals surface area contributed by atoms with Gasteiger partial charge < -0.3 is 21.7 Å². The third-order valence-corrected chi connectivity index (χ3v) is 1.58. The van der Waals surface area contributed by atoms with Crippen molar-refractivity contribution in [3.63, 3.8) is 0 Å². The van der Waals surface area contributed by atoms with E-state index in [1.807, 2.05) is 13.8 Å². The average Bonchev–Trinajstić information content (AvgIpc) is 2.09. The van der Waals surface area contributed by atoms with Crippen LogP contribution in [0.25, 0.3) is 0 Å². The van der Waals surface area contributed by atoms with Gasteiger partial charge in [0.1, 0.15) is 0 Å². The maximum atomic E-state index is 11.2. The lowest BCUT2D eigenvalue weighted by atomic mass is 10.3. The van der Waals surface area contributed by atoms with Crippen molar-refractivity contribution in [3.05, 3.63) is 0 Å². The summed E-state index contributed by atoms with van der Waals surface area (Å²) in [5, 5.41) is 8.24. The summed E-state index contributed by atoms with van der Waals surface area (Å²) in [7, 11) is 0. The Kier molecular flexibility index (Phi) is 7.35. The van der Waals surface area contributed by atoms with Gasteiger partial charge in [0.05, 0.1) is 0 Å². The minimum atomic E-state index is -0.533. The Hall–Kier alpha value is -1.30. The Labute approximate surface area is 90.0 Å². The monoisotopic (exact) mass is 216 g/mol. The molecule has 0 atom stereocenters. The van der Waals surface area contributed by atoms with E-state index in [2.05, 4.69) is 16.0 Å². The molecule has 0 heterocycles. The van der Waals surface area contributed by atoms with Crippen molar-refractivity contribution in [2.24, 2.45) is 5.73 Å². The van der Waals surface area contributed by atoms with Gasteiger partial charge >= 0.3 is 6.03 Å². The first-order valence-corrected chi connectivity index (χ1v) is 5.05. The number of carbonyl (C=O) groups excluding carboxylic acids is 2. The van der Waals surface area contributed by atoms with Crippen molar-refractivity contribution >= 4 is 11.9 Å². The van der Waals surface area contributed by atoms with Gasteiger partial charge in [-0.3, -0.25) is 4.79 Å². The second-order valence-electron chi connectivity index (χ2n) is 3.51. The lowest BCUT2D eigenvalue weighted by molar-refractivity contribution is -0.121. The fourth-order valence-corrected chi connectivity index (χ4v) is 0.995. The molecule has 0 radical (unpaired) electrons. The molecule has 0 saturated carbocycles. The van der Waals surface area contributed by atoms with Gasteiger partial charge in [-0.2, -0.15) is 0 Å². The molecule has 88 valence electrons. The number of carbonyl (C=O) groups is 2. The van der Waals surface area contributed by atoms with E-state index in [0.717, 1.165) is 0 Å². The highest BCUT2D eigenvalue weighted by molar-refractivity contribution is 5.76. The minimum absolute atomic E-state index is 0.0281. The van der Waals surface area contributed by atoms with Crippen molar-refractivity contribution in [2.45, 2.75) is 26.3 Å². The fraction of sp³-hybridized carbons (Fsp3) is 0.778. The molecule has 0 aromatic heterocycles. The summed E-state index contributed by atoms with van der Waals surface area (Å²) in [4.78, 5) is 21.4. The van der Waals surface area contributed by atoms with Gasteiger partial charge in [0.25, 0.3) is 0 Å². The van der Waals surface area contributed by atoms with Crippen LogP contribution in [0.1, 0.15) is 20.3 Å². The highest BCUT2D eigenvalue weighted by Crippen LogP contribution is 1.81. The molecule has 15 heavy (non-hydrogen) atoms. The largest absolute Gasteiger partial charge is 0.354 e. The first kappa shape index (κ1) is 13.7. The standard InChI is InChI=1S/C9H20N4O2/c1-7(2)13-8(14)3-4-11-5-6-12-9(10)15/h7,11H,3-6H2,1-2H3,(H,13,14)(H3,10,12,15). The second kappa shape index (κ2) is 8.05. The summed E-state index contributed by atoms with van der Waals surface area (Å²) < 4.78 is 0. The maximum Gasteiger partial charge on any atom is 0.312 e. The molecular formula is C9H20N4O2. The molecular weight excluding hydrogens is 196 g/mol. The normalized spacial score (nSPS) is 10.1. The molecule has 0 aliphatic carbocycles. The molecule has 0 spiro atoms. The van der Waals surface area contributed by atoms with Crippen molar-refractivity contribution in [1.82, 2.24) is 16.0 Å². The van der Waals surface area contributed by atoms with E-state index in [1.54, 1.807) is 0 Å². The quantitative estimate of drug-likeness (QED) is 0.418. The van der Waals surface area contributed by atoms with Gasteiger partial charge in [-0.1, -0.05) is 0 Å². The Morgan fingerprint density at radius 3 is 2.40 bits per heavy atom. The highest BCUT2D eigenvalue weighted by Gasteiger charge is 2.01. The summed E-state index contributed by atoms with van der Waals surface area (Å²) in [6.07, 6.45) is 0.439. The van der Waals surface area contributed by atoms with E-state index < -0.39 is 6.03 Å². The zero-order chi connectivity index (χ0) is 11.7. The smallest absolute Gasteiger partial charge is 0.312 e. The van der Waals surface area contributed by atoms with Crippen molar-refractivity contribution in [1.29, 1.82) is 0 Å². The van der Waals surface area contributed by atoms with Crippen LogP contribution in [0.15, 0.2) is 0 Å². The Balaban J connectivity index is 3.24. The molecule has 0 rings (SSSR count). The molecule has 6 heteroatoms. The number of nitrogens with two attached hydrogens (primary N) is 1. The Morgan fingerprint density at radius 2 is 1.87 bits per heavy atom. The van der Waals surface area contributed by atoms with E-state index in [0.29, 0.717) is 26.1 Å². The zero-order valence-corrected chi connectivity index (χ0v) is 9.30. The first-order valence-electron chi connectivity index (χ1n) is 5.05. The summed E-state index contributed by atoms with van der Waals surface area (Å²) in [6.45, 7) is 5.52. The molecule has 0 bridgehead atoms. The number of rotatable bonds is 7.